The minimum absolute atomic E-state index is 0.104. The van der Waals surface area contributed by atoms with Gasteiger partial charge in [0.25, 0.3) is 0 Å². The van der Waals surface area contributed by atoms with Gasteiger partial charge in [-0.1, -0.05) is 20.8 Å². The number of carbonyl (C=O) groups is 1. The highest BCUT2D eigenvalue weighted by atomic mass is 32.1. The fraction of sp³-hybridized carbons (Fsp3) is 0.765. The lowest BCUT2D eigenvalue weighted by molar-refractivity contribution is -0.121. The van der Waals surface area contributed by atoms with E-state index >= 15 is 0 Å². The van der Waals surface area contributed by atoms with Crippen molar-refractivity contribution in [3.63, 3.8) is 0 Å². The van der Waals surface area contributed by atoms with Crippen LogP contribution >= 0.6 is 11.3 Å². The van der Waals surface area contributed by atoms with Gasteiger partial charge in [-0.05, 0) is 38.3 Å². The van der Waals surface area contributed by atoms with E-state index in [4.69, 9.17) is 0 Å². The third-order valence-corrected chi connectivity index (χ3v) is 5.13. The SMILES string of the molecule is CC(C)(C)c1csc(CCNC(=O)CCC2CCNCC2)n1. The van der Waals surface area contributed by atoms with Gasteiger partial charge in [-0.15, -0.1) is 11.3 Å². The van der Waals surface area contributed by atoms with E-state index in [0.29, 0.717) is 13.0 Å². The van der Waals surface area contributed by atoms with Crippen LogP contribution in [0, 0.1) is 5.92 Å². The van der Waals surface area contributed by atoms with E-state index in [0.717, 1.165) is 42.6 Å². The second kappa shape index (κ2) is 8.06. The van der Waals surface area contributed by atoms with Gasteiger partial charge in [-0.25, -0.2) is 4.98 Å². The molecule has 1 aromatic rings. The number of hydrogen-bond donors (Lipinski definition) is 2. The van der Waals surface area contributed by atoms with Crippen LogP contribution in [-0.4, -0.2) is 30.5 Å². The van der Waals surface area contributed by atoms with E-state index in [2.05, 4.69) is 41.8 Å². The summed E-state index contributed by atoms with van der Waals surface area (Å²) >= 11 is 1.69. The van der Waals surface area contributed by atoms with Gasteiger partial charge >= 0.3 is 0 Å². The Bertz CT molecular complexity index is 472. The number of piperidine rings is 1. The standard InChI is InChI=1S/C17H29N3OS/c1-17(2,3)14-12-22-16(20-14)8-11-19-15(21)5-4-13-6-9-18-10-7-13/h12-13,18H,4-11H2,1-3H3,(H,19,21). The third-order valence-electron chi connectivity index (χ3n) is 4.22. The molecule has 0 aromatic carbocycles. The van der Waals surface area contributed by atoms with E-state index < -0.39 is 0 Å². The van der Waals surface area contributed by atoms with Crippen molar-refractivity contribution in [2.45, 2.75) is 58.3 Å². The Balaban J connectivity index is 1.63. The van der Waals surface area contributed by atoms with Gasteiger partial charge in [-0.3, -0.25) is 4.79 Å². The molecule has 4 nitrogen and oxygen atoms in total. The van der Waals surface area contributed by atoms with Crippen molar-refractivity contribution >= 4 is 17.2 Å². The van der Waals surface area contributed by atoms with Crippen molar-refractivity contribution in [1.29, 1.82) is 0 Å². The summed E-state index contributed by atoms with van der Waals surface area (Å²) in [5.41, 5.74) is 1.25. The molecular weight excluding hydrogens is 294 g/mol. The summed E-state index contributed by atoms with van der Waals surface area (Å²) in [4.78, 5) is 16.6. The molecule has 2 N–H and O–H groups in total. The minimum atomic E-state index is 0.104. The lowest BCUT2D eigenvalue weighted by atomic mass is 9.93. The average molecular weight is 324 g/mol. The molecule has 0 atom stereocenters. The van der Waals surface area contributed by atoms with Gasteiger partial charge in [0.2, 0.25) is 5.91 Å². The summed E-state index contributed by atoms with van der Waals surface area (Å²) in [7, 11) is 0. The lowest BCUT2D eigenvalue weighted by Gasteiger charge is -2.22. The highest BCUT2D eigenvalue weighted by Crippen LogP contribution is 2.24. The summed E-state index contributed by atoms with van der Waals surface area (Å²) in [6.45, 7) is 9.43. The number of thiazole rings is 1. The van der Waals surface area contributed by atoms with E-state index in [9.17, 15) is 4.79 Å². The smallest absolute Gasteiger partial charge is 0.220 e. The van der Waals surface area contributed by atoms with Gasteiger partial charge < -0.3 is 10.6 Å². The second-order valence-corrected chi connectivity index (χ2v) is 8.15. The molecule has 0 aliphatic carbocycles. The fourth-order valence-corrected chi connectivity index (χ4v) is 3.70. The first-order chi connectivity index (χ1) is 10.4. The molecule has 0 radical (unpaired) electrons. The molecule has 1 aliphatic rings. The zero-order valence-corrected chi connectivity index (χ0v) is 14.9. The topological polar surface area (TPSA) is 54.0 Å². The van der Waals surface area contributed by atoms with Gasteiger partial charge in [0.15, 0.2) is 0 Å². The molecule has 2 heterocycles. The predicted octanol–water partition coefficient (Wildman–Crippen LogP) is 2.88. The van der Waals surface area contributed by atoms with Crippen LogP contribution in [0.25, 0.3) is 0 Å². The van der Waals surface area contributed by atoms with Crippen LogP contribution in [0.4, 0.5) is 0 Å². The highest BCUT2D eigenvalue weighted by Gasteiger charge is 2.17. The van der Waals surface area contributed by atoms with Gasteiger partial charge in [-0.2, -0.15) is 0 Å². The van der Waals surface area contributed by atoms with Crippen LogP contribution in [0.15, 0.2) is 5.38 Å². The number of hydrogen-bond acceptors (Lipinski definition) is 4. The summed E-state index contributed by atoms with van der Waals surface area (Å²) < 4.78 is 0. The maximum Gasteiger partial charge on any atom is 0.220 e. The maximum atomic E-state index is 11.9. The van der Waals surface area contributed by atoms with Crippen LogP contribution in [0.2, 0.25) is 0 Å². The molecular formula is C17H29N3OS. The molecule has 0 spiro atoms. The normalized spacial score (nSPS) is 16.7. The zero-order chi connectivity index (χ0) is 16.0. The minimum Gasteiger partial charge on any atom is -0.356 e. The molecule has 1 amide bonds. The fourth-order valence-electron chi connectivity index (χ4n) is 2.67. The number of aromatic nitrogens is 1. The second-order valence-electron chi connectivity index (χ2n) is 7.21. The number of rotatable bonds is 6. The quantitative estimate of drug-likeness (QED) is 0.846. The molecule has 1 saturated heterocycles. The Labute approximate surface area is 138 Å². The van der Waals surface area contributed by atoms with Gasteiger partial charge in [0, 0.05) is 30.2 Å². The Morgan fingerprint density at radius 1 is 1.41 bits per heavy atom. The number of nitrogens with zero attached hydrogens (tertiary/aromatic N) is 1. The van der Waals surface area contributed by atoms with Crippen molar-refractivity contribution in [3.05, 3.63) is 16.1 Å². The molecule has 22 heavy (non-hydrogen) atoms. The number of carbonyl (C=O) groups excluding carboxylic acids is 1. The zero-order valence-electron chi connectivity index (χ0n) is 14.1. The first-order valence-corrected chi connectivity index (χ1v) is 9.25. The predicted molar refractivity (Wildman–Crippen MR) is 92.4 cm³/mol. The van der Waals surface area contributed by atoms with Crippen LogP contribution in [0.1, 0.15) is 57.2 Å². The van der Waals surface area contributed by atoms with Crippen molar-refractivity contribution in [1.82, 2.24) is 15.6 Å². The Hall–Kier alpha value is -0.940. The average Bonchev–Trinajstić information content (AvgIpc) is 2.95. The highest BCUT2D eigenvalue weighted by molar-refractivity contribution is 7.09. The maximum absolute atomic E-state index is 11.9. The van der Waals surface area contributed by atoms with Crippen molar-refractivity contribution < 1.29 is 4.79 Å². The largest absolute Gasteiger partial charge is 0.356 e. The third kappa shape index (κ3) is 5.69. The molecule has 1 fully saturated rings. The molecule has 0 bridgehead atoms. The first kappa shape index (κ1) is 17.4. The van der Waals surface area contributed by atoms with E-state index in [1.54, 1.807) is 11.3 Å². The lowest BCUT2D eigenvalue weighted by Crippen LogP contribution is -2.30. The van der Waals surface area contributed by atoms with Crippen LogP contribution in [0.5, 0.6) is 0 Å². The van der Waals surface area contributed by atoms with Gasteiger partial charge in [0.05, 0.1) is 10.7 Å². The summed E-state index contributed by atoms with van der Waals surface area (Å²) in [5, 5.41) is 9.64. The molecule has 0 saturated carbocycles. The first-order valence-electron chi connectivity index (χ1n) is 8.37. The molecule has 5 heteroatoms. The van der Waals surface area contributed by atoms with Crippen molar-refractivity contribution in [2.24, 2.45) is 5.92 Å². The summed E-state index contributed by atoms with van der Waals surface area (Å²) in [5.74, 6) is 0.909. The van der Waals surface area contributed by atoms with Crippen LogP contribution < -0.4 is 10.6 Å². The van der Waals surface area contributed by atoms with Crippen molar-refractivity contribution in [2.75, 3.05) is 19.6 Å². The Morgan fingerprint density at radius 2 is 2.14 bits per heavy atom. The molecule has 124 valence electrons. The summed E-state index contributed by atoms with van der Waals surface area (Å²) in [6.07, 6.45) is 4.94. The molecule has 1 aliphatic heterocycles. The van der Waals surface area contributed by atoms with E-state index in [-0.39, 0.29) is 11.3 Å². The van der Waals surface area contributed by atoms with Crippen molar-refractivity contribution in [3.8, 4) is 0 Å². The molecule has 0 unspecified atom stereocenters. The number of amides is 1. The molecule has 1 aromatic heterocycles. The number of nitrogens with one attached hydrogen (secondary N) is 2. The monoisotopic (exact) mass is 323 g/mol. The van der Waals surface area contributed by atoms with E-state index in [1.807, 2.05) is 0 Å². The Kier molecular flexibility index (Phi) is 6.38. The van der Waals surface area contributed by atoms with Crippen LogP contribution in [0.3, 0.4) is 0 Å². The summed E-state index contributed by atoms with van der Waals surface area (Å²) in [6, 6.07) is 0. The van der Waals surface area contributed by atoms with E-state index in [1.165, 1.54) is 12.8 Å². The van der Waals surface area contributed by atoms with Crippen LogP contribution in [-0.2, 0) is 16.6 Å². The van der Waals surface area contributed by atoms with Gasteiger partial charge in [0.1, 0.15) is 0 Å². The molecule has 2 rings (SSSR count). The Morgan fingerprint density at radius 3 is 2.77 bits per heavy atom.